The fourth-order valence-electron chi connectivity index (χ4n) is 3.91. The lowest BCUT2D eigenvalue weighted by Gasteiger charge is -2.49. The Hall–Kier alpha value is -1.65. The van der Waals surface area contributed by atoms with Gasteiger partial charge in [-0.05, 0) is 56.5 Å². The van der Waals surface area contributed by atoms with Gasteiger partial charge in [0.25, 0.3) is 0 Å². The molecule has 5 rings (SSSR count). The Bertz CT molecular complexity index is 678. The molecule has 5 heteroatoms. The summed E-state index contributed by atoms with van der Waals surface area (Å²) in [5.74, 6) is 1.47. The van der Waals surface area contributed by atoms with E-state index in [-0.39, 0.29) is 0 Å². The molecule has 4 nitrogen and oxygen atoms in total. The first-order valence-electron chi connectivity index (χ1n) is 8.29. The third-order valence-electron chi connectivity index (χ3n) is 5.28. The van der Waals surface area contributed by atoms with Crippen LogP contribution in [0.25, 0.3) is 11.1 Å². The van der Waals surface area contributed by atoms with E-state index in [1.165, 1.54) is 25.9 Å². The van der Waals surface area contributed by atoms with Crippen LogP contribution in [-0.4, -0.2) is 40.0 Å². The second-order valence-electron chi connectivity index (χ2n) is 6.59. The Kier molecular flexibility index (Phi) is 3.95. The van der Waals surface area contributed by atoms with Crippen LogP contribution in [0.2, 0.25) is 5.02 Å². The van der Waals surface area contributed by atoms with Gasteiger partial charge in [-0.25, -0.2) is 9.97 Å². The summed E-state index contributed by atoms with van der Waals surface area (Å²) in [6, 6.07) is 8.78. The van der Waals surface area contributed by atoms with Gasteiger partial charge < -0.3 is 5.32 Å². The van der Waals surface area contributed by atoms with E-state index >= 15 is 0 Å². The maximum Gasteiger partial charge on any atom is 0.222 e. The summed E-state index contributed by atoms with van der Waals surface area (Å²) in [6.45, 7) is 4.78. The zero-order valence-electron chi connectivity index (χ0n) is 13.2. The molecule has 4 heterocycles. The molecule has 3 aliphatic rings. The zero-order chi connectivity index (χ0) is 15.8. The SMILES string of the molecule is C[C@@H]1[C@H](Nc2ncc(-c3cccc(Cl)c3)cn2)C2CCN1CC2. The lowest BCUT2D eigenvalue weighted by Crippen LogP contribution is -2.59. The first-order chi connectivity index (χ1) is 11.2. The molecule has 0 amide bonds. The van der Waals surface area contributed by atoms with Crippen molar-refractivity contribution in [3.8, 4) is 11.1 Å². The monoisotopic (exact) mass is 328 g/mol. The van der Waals surface area contributed by atoms with E-state index in [4.69, 9.17) is 11.6 Å². The average Bonchev–Trinajstić information content (AvgIpc) is 2.59. The summed E-state index contributed by atoms with van der Waals surface area (Å²) >= 11 is 6.05. The van der Waals surface area contributed by atoms with E-state index in [0.717, 1.165) is 28.0 Å². The minimum absolute atomic E-state index is 0.453. The molecule has 120 valence electrons. The van der Waals surface area contributed by atoms with E-state index in [0.29, 0.717) is 12.1 Å². The second kappa shape index (κ2) is 6.10. The van der Waals surface area contributed by atoms with Gasteiger partial charge in [0, 0.05) is 35.1 Å². The van der Waals surface area contributed by atoms with Crippen LogP contribution in [-0.2, 0) is 0 Å². The highest BCUT2D eigenvalue weighted by Crippen LogP contribution is 2.33. The maximum absolute atomic E-state index is 6.05. The lowest BCUT2D eigenvalue weighted by molar-refractivity contribution is 0.0455. The Morgan fingerprint density at radius 2 is 1.87 bits per heavy atom. The molecule has 0 unspecified atom stereocenters. The minimum atomic E-state index is 0.453. The number of rotatable bonds is 3. The van der Waals surface area contributed by atoms with Crippen molar-refractivity contribution in [3.63, 3.8) is 0 Å². The predicted molar refractivity (Wildman–Crippen MR) is 93.6 cm³/mol. The number of aromatic nitrogens is 2. The molecule has 1 N–H and O–H groups in total. The van der Waals surface area contributed by atoms with Crippen molar-refractivity contribution < 1.29 is 0 Å². The first kappa shape index (κ1) is 14.9. The third kappa shape index (κ3) is 2.93. The maximum atomic E-state index is 6.05. The molecular formula is C18H21ClN4. The van der Waals surface area contributed by atoms with Crippen molar-refractivity contribution in [1.29, 1.82) is 0 Å². The van der Waals surface area contributed by atoms with Crippen molar-refractivity contribution in [2.24, 2.45) is 5.92 Å². The van der Waals surface area contributed by atoms with Crippen LogP contribution in [0.1, 0.15) is 19.8 Å². The molecule has 2 bridgehead atoms. The van der Waals surface area contributed by atoms with Gasteiger partial charge in [0.15, 0.2) is 0 Å². The number of anilines is 1. The molecule has 2 atom stereocenters. The topological polar surface area (TPSA) is 41.1 Å². The second-order valence-corrected chi connectivity index (χ2v) is 7.03. The number of halogens is 1. The number of hydrogen-bond donors (Lipinski definition) is 1. The highest BCUT2D eigenvalue weighted by atomic mass is 35.5. The van der Waals surface area contributed by atoms with Gasteiger partial charge in [0.05, 0.1) is 0 Å². The van der Waals surface area contributed by atoms with Gasteiger partial charge in [-0.2, -0.15) is 0 Å². The standard InChI is InChI=1S/C18H21ClN4/c1-12-17(13-5-7-23(12)8-6-13)22-18-20-10-15(11-21-18)14-3-2-4-16(19)9-14/h2-4,9-13,17H,5-8H2,1H3,(H,20,21,22)/t12-,17+/m1/s1. The fourth-order valence-corrected chi connectivity index (χ4v) is 4.10. The summed E-state index contributed by atoms with van der Waals surface area (Å²) in [7, 11) is 0. The van der Waals surface area contributed by atoms with Crippen LogP contribution in [0.3, 0.4) is 0 Å². The number of hydrogen-bond acceptors (Lipinski definition) is 4. The highest BCUT2D eigenvalue weighted by molar-refractivity contribution is 6.30. The summed E-state index contributed by atoms with van der Waals surface area (Å²) in [5, 5.41) is 4.29. The zero-order valence-corrected chi connectivity index (χ0v) is 14.0. The molecule has 3 aliphatic heterocycles. The molecule has 23 heavy (non-hydrogen) atoms. The van der Waals surface area contributed by atoms with Crippen molar-refractivity contribution in [1.82, 2.24) is 14.9 Å². The Balaban J connectivity index is 1.50. The molecule has 1 aromatic carbocycles. The van der Waals surface area contributed by atoms with Crippen LogP contribution in [0.4, 0.5) is 5.95 Å². The van der Waals surface area contributed by atoms with E-state index in [1.807, 2.05) is 36.7 Å². The normalized spacial score (nSPS) is 29.5. The van der Waals surface area contributed by atoms with Crippen LogP contribution >= 0.6 is 11.6 Å². The van der Waals surface area contributed by atoms with Gasteiger partial charge in [0.2, 0.25) is 5.95 Å². The molecule has 0 aliphatic carbocycles. The quantitative estimate of drug-likeness (QED) is 0.933. The Morgan fingerprint density at radius 3 is 2.52 bits per heavy atom. The Morgan fingerprint density at radius 1 is 1.13 bits per heavy atom. The number of nitrogens with one attached hydrogen (secondary N) is 1. The van der Waals surface area contributed by atoms with Crippen molar-refractivity contribution in [3.05, 3.63) is 41.7 Å². The van der Waals surface area contributed by atoms with E-state index in [9.17, 15) is 0 Å². The number of fused-ring (bicyclic) bond motifs is 3. The molecule has 0 radical (unpaired) electrons. The summed E-state index contributed by atoms with van der Waals surface area (Å²) in [4.78, 5) is 11.6. The summed E-state index contributed by atoms with van der Waals surface area (Å²) in [6.07, 6.45) is 6.30. The van der Waals surface area contributed by atoms with E-state index < -0.39 is 0 Å². The van der Waals surface area contributed by atoms with Crippen LogP contribution in [0.15, 0.2) is 36.7 Å². The fraction of sp³-hybridized carbons (Fsp3) is 0.444. The minimum Gasteiger partial charge on any atom is -0.350 e. The molecule has 0 spiro atoms. The van der Waals surface area contributed by atoms with Crippen molar-refractivity contribution in [2.45, 2.75) is 31.8 Å². The predicted octanol–water partition coefficient (Wildman–Crippen LogP) is 3.69. The lowest BCUT2D eigenvalue weighted by atomic mass is 9.79. The number of nitrogens with zero attached hydrogens (tertiary/aromatic N) is 3. The van der Waals surface area contributed by atoms with Gasteiger partial charge in [-0.3, -0.25) is 4.90 Å². The molecule has 1 aromatic heterocycles. The van der Waals surface area contributed by atoms with Gasteiger partial charge in [-0.15, -0.1) is 0 Å². The molecule has 3 fully saturated rings. The highest BCUT2D eigenvalue weighted by Gasteiger charge is 2.39. The van der Waals surface area contributed by atoms with E-state index in [2.05, 4.69) is 27.1 Å². The van der Waals surface area contributed by atoms with Crippen molar-refractivity contribution >= 4 is 17.5 Å². The molecule has 3 saturated heterocycles. The third-order valence-corrected chi connectivity index (χ3v) is 5.52. The molecule has 0 saturated carbocycles. The van der Waals surface area contributed by atoms with Gasteiger partial charge in [-0.1, -0.05) is 23.7 Å². The van der Waals surface area contributed by atoms with Crippen molar-refractivity contribution in [2.75, 3.05) is 18.4 Å². The largest absolute Gasteiger partial charge is 0.350 e. The van der Waals surface area contributed by atoms with Crippen LogP contribution in [0, 0.1) is 5.92 Å². The molecular weight excluding hydrogens is 308 g/mol. The number of benzene rings is 1. The van der Waals surface area contributed by atoms with E-state index in [1.54, 1.807) is 0 Å². The first-order valence-corrected chi connectivity index (χ1v) is 8.67. The number of piperidine rings is 3. The summed E-state index contributed by atoms with van der Waals surface area (Å²) in [5.41, 5.74) is 2.03. The van der Waals surface area contributed by atoms with Crippen LogP contribution < -0.4 is 5.32 Å². The van der Waals surface area contributed by atoms with Gasteiger partial charge >= 0.3 is 0 Å². The Labute approximate surface area is 141 Å². The smallest absolute Gasteiger partial charge is 0.222 e. The van der Waals surface area contributed by atoms with Gasteiger partial charge in [0.1, 0.15) is 0 Å². The average molecular weight is 329 g/mol. The summed E-state index contributed by atoms with van der Waals surface area (Å²) < 4.78 is 0. The van der Waals surface area contributed by atoms with Crippen LogP contribution in [0.5, 0.6) is 0 Å². The molecule has 2 aromatic rings.